The fourth-order valence-electron chi connectivity index (χ4n) is 1.95. The Morgan fingerprint density at radius 3 is 2.83 bits per heavy atom. The molecule has 0 radical (unpaired) electrons. The third-order valence-electron chi connectivity index (χ3n) is 2.95. The summed E-state index contributed by atoms with van der Waals surface area (Å²) >= 11 is 5.94. The van der Waals surface area contributed by atoms with Crippen molar-refractivity contribution in [1.82, 2.24) is 14.3 Å². The van der Waals surface area contributed by atoms with E-state index in [-0.39, 0.29) is 6.61 Å². The number of halogens is 1. The van der Waals surface area contributed by atoms with Crippen LogP contribution in [0.25, 0.3) is 5.65 Å². The molecule has 2 rings (SSSR count). The molecule has 1 N–H and O–H groups in total. The largest absolute Gasteiger partial charge is 0.395 e. The first kappa shape index (κ1) is 13.3. The average molecular weight is 268 g/mol. The van der Waals surface area contributed by atoms with Crippen molar-refractivity contribution in [2.45, 2.75) is 26.4 Å². The summed E-state index contributed by atoms with van der Waals surface area (Å²) in [7, 11) is 0. The quantitative estimate of drug-likeness (QED) is 0.903. The van der Waals surface area contributed by atoms with Crippen molar-refractivity contribution in [2.75, 3.05) is 13.2 Å². The molecule has 0 aliphatic carbocycles. The number of aromatic nitrogens is 2. The molecular formula is C13H18ClN3O. The van der Waals surface area contributed by atoms with Crippen molar-refractivity contribution in [3.63, 3.8) is 0 Å². The second-order valence-electron chi connectivity index (χ2n) is 4.63. The van der Waals surface area contributed by atoms with Crippen LogP contribution in [0, 0.1) is 0 Å². The van der Waals surface area contributed by atoms with Gasteiger partial charge in [0.2, 0.25) is 0 Å². The maximum atomic E-state index is 9.06. The van der Waals surface area contributed by atoms with Gasteiger partial charge in [-0.1, -0.05) is 11.6 Å². The highest BCUT2D eigenvalue weighted by atomic mass is 35.5. The minimum Gasteiger partial charge on any atom is -0.395 e. The van der Waals surface area contributed by atoms with Crippen LogP contribution in [0.5, 0.6) is 0 Å². The number of rotatable bonds is 5. The number of hydrogen-bond acceptors (Lipinski definition) is 3. The van der Waals surface area contributed by atoms with Crippen LogP contribution in [0.3, 0.4) is 0 Å². The first-order chi connectivity index (χ1) is 8.60. The van der Waals surface area contributed by atoms with Crippen molar-refractivity contribution in [1.29, 1.82) is 0 Å². The Bertz CT molecular complexity index is 524. The summed E-state index contributed by atoms with van der Waals surface area (Å²) in [6, 6.07) is 4.12. The summed E-state index contributed by atoms with van der Waals surface area (Å²) < 4.78 is 1.93. The monoisotopic (exact) mass is 267 g/mol. The number of pyridine rings is 1. The van der Waals surface area contributed by atoms with Crippen LogP contribution < -0.4 is 0 Å². The second-order valence-corrected chi connectivity index (χ2v) is 5.07. The number of hydrogen-bond donors (Lipinski definition) is 1. The van der Waals surface area contributed by atoms with Gasteiger partial charge in [0.05, 0.1) is 17.3 Å². The fraction of sp³-hybridized carbons (Fsp3) is 0.462. The van der Waals surface area contributed by atoms with E-state index in [1.807, 2.05) is 28.9 Å². The van der Waals surface area contributed by atoms with Gasteiger partial charge in [0.15, 0.2) is 0 Å². The maximum absolute atomic E-state index is 9.06. The first-order valence-electron chi connectivity index (χ1n) is 6.08. The van der Waals surface area contributed by atoms with E-state index in [2.05, 4.69) is 23.7 Å². The zero-order valence-electron chi connectivity index (χ0n) is 10.7. The lowest BCUT2D eigenvalue weighted by atomic mass is 10.3. The summed E-state index contributed by atoms with van der Waals surface area (Å²) in [6.45, 7) is 5.78. The Labute approximate surface area is 112 Å². The van der Waals surface area contributed by atoms with E-state index in [0.29, 0.717) is 17.6 Å². The summed E-state index contributed by atoms with van der Waals surface area (Å²) in [5.74, 6) is 0. The zero-order chi connectivity index (χ0) is 13.1. The molecule has 0 spiro atoms. The fourth-order valence-corrected chi connectivity index (χ4v) is 2.12. The average Bonchev–Trinajstić information content (AvgIpc) is 2.69. The molecule has 0 aromatic carbocycles. The van der Waals surface area contributed by atoms with Gasteiger partial charge in [-0.2, -0.15) is 0 Å². The standard InChI is InChI=1S/C13H18ClN3O/c1-10(2)16(5-6-18)8-12-9-17-7-11(14)3-4-13(17)15-12/h3-4,7,9-10,18H,5-6,8H2,1-2H3. The number of nitrogens with zero attached hydrogens (tertiary/aromatic N) is 3. The van der Waals surface area contributed by atoms with Gasteiger partial charge in [-0.05, 0) is 26.0 Å². The van der Waals surface area contributed by atoms with E-state index in [1.54, 1.807) is 0 Å². The second kappa shape index (κ2) is 5.69. The van der Waals surface area contributed by atoms with Crippen molar-refractivity contribution in [3.8, 4) is 0 Å². The van der Waals surface area contributed by atoms with Crippen LogP contribution in [-0.2, 0) is 6.54 Å². The van der Waals surface area contributed by atoms with E-state index in [9.17, 15) is 0 Å². The van der Waals surface area contributed by atoms with E-state index >= 15 is 0 Å². The third kappa shape index (κ3) is 3.02. The molecule has 0 bridgehead atoms. The van der Waals surface area contributed by atoms with Crippen LogP contribution in [0.4, 0.5) is 0 Å². The Kier molecular flexibility index (Phi) is 4.22. The van der Waals surface area contributed by atoms with Gasteiger partial charge in [-0.15, -0.1) is 0 Å². The summed E-state index contributed by atoms with van der Waals surface area (Å²) in [5.41, 5.74) is 1.88. The molecule has 98 valence electrons. The van der Waals surface area contributed by atoms with Crippen LogP contribution in [0.1, 0.15) is 19.5 Å². The topological polar surface area (TPSA) is 40.8 Å². The lowest BCUT2D eigenvalue weighted by Crippen LogP contribution is -2.33. The Morgan fingerprint density at radius 2 is 2.17 bits per heavy atom. The molecule has 0 unspecified atom stereocenters. The molecule has 0 aliphatic heterocycles. The molecule has 0 aliphatic rings. The van der Waals surface area contributed by atoms with E-state index < -0.39 is 0 Å². The molecule has 0 amide bonds. The number of fused-ring (bicyclic) bond motifs is 1. The molecule has 2 aromatic rings. The smallest absolute Gasteiger partial charge is 0.137 e. The molecule has 0 fully saturated rings. The minimum atomic E-state index is 0.164. The SMILES string of the molecule is CC(C)N(CCO)Cc1cn2cc(Cl)ccc2n1. The Balaban J connectivity index is 2.20. The molecule has 2 heterocycles. The van der Waals surface area contributed by atoms with Crippen molar-refractivity contribution < 1.29 is 5.11 Å². The number of aliphatic hydroxyl groups is 1. The summed E-state index contributed by atoms with van der Waals surface area (Å²) in [4.78, 5) is 6.72. The molecular weight excluding hydrogens is 250 g/mol. The minimum absolute atomic E-state index is 0.164. The highest BCUT2D eigenvalue weighted by Crippen LogP contribution is 2.13. The molecule has 5 heteroatoms. The molecule has 18 heavy (non-hydrogen) atoms. The van der Waals surface area contributed by atoms with E-state index in [0.717, 1.165) is 17.9 Å². The van der Waals surface area contributed by atoms with Gasteiger partial charge in [0.25, 0.3) is 0 Å². The Hall–Kier alpha value is -1.10. The lowest BCUT2D eigenvalue weighted by Gasteiger charge is -2.24. The zero-order valence-corrected chi connectivity index (χ0v) is 11.4. The predicted molar refractivity (Wildman–Crippen MR) is 72.8 cm³/mol. The van der Waals surface area contributed by atoms with Crippen molar-refractivity contribution >= 4 is 17.2 Å². The first-order valence-corrected chi connectivity index (χ1v) is 6.46. The van der Waals surface area contributed by atoms with Crippen LogP contribution >= 0.6 is 11.6 Å². The van der Waals surface area contributed by atoms with E-state index in [4.69, 9.17) is 16.7 Å². The third-order valence-corrected chi connectivity index (χ3v) is 3.17. The number of imidazole rings is 1. The highest BCUT2D eigenvalue weighted by molar-refractivity contribution is 6.30. The van der Waals surface area contributed by atoms with Crippen LogP contribution in [0.2, 0.25) is 5.02 Å². The predicted octanol–water partition coefficient (Wildman–Crippen LogP) is 2.19. The molecule has 0 atom stereocenters. The molecule has 0 saturated heterocycles. The van der Waals surface area contributed by atoms with Gasteiger partial charge in [-0.3, -0.25) is 4.90 Å². The summed E-state index contributed by atoms with van der Waals surface area (Å²) in [6.07, 6.45) is 3.83. The van der Waals surface area contributed by atoms with Crippen LogP contribution in [0.15, 0.2) is 24.5 Å². The normalized spacial score (nSPS) is 11.9. The maximum Gasteiger partial charge on any atom is 0.137 e. The van der Waals surface area contributed by atoms with Crippen molar-refractivity contribution in [2.24, 2.45) is 0 Å². The van der Waals surface area contributed by atoms with E-state index in [1.165, 1.54) is 0 Å². The molecule has 4 nitrogen and oxygen atoms in total. The highest BCUT2D eigenvalue weighted by Gasteiger charge is 2.11. The summed E-state index contributed by atoms with van der Waals surface area (Å²) in [5, 5.41) is 9.75. The molecule has 2 aromatic heterocycles. The van der Waals surface area contributed by atoms with Crippen molar-refractivity contribution in [3.05, 3.63) is 35.2 Å². The van der Waals surface area contributed by atoms with Gasteiger partial charge < -0.3 is 9.51 Å². The Morgan fingerprint density at radius 1 is 1.39 bits per heavy atom. The van der Waals surface area contributed by atoms with Gasteiger partial charge >= 0.3 is 0 Å². The van der Waals surface area contributed by atoms with Crippen LogP contribution in [-0.4, -0.2) is 38.6 Å². The van der Waals surface area contributed by atoms with Gasteiger partial charge in [0, 0.05) is 31.5 Å². The van der Waals surface area contributed by atoms with Gasteiger partial charge in [0.1, 0.15) is 5.65 Å². The lowest BCUT2D eigenvalue weighted by molar-refractivity contribution is 0.158. The molecule has 0 saturated carbocycles. The number of aliphatic hydroxyl groups excluding tert-OH is 1. The van der Waals surface area contributed by atoms with Gasteiger partial charge in [-0.25, -0.2) is 4.98 Å².